The summed E-state index contributed by atoms with van der Waals surface area (Å²) < 4.78 is 9.85. The smallest absolute Gasteiger partial charge is 0.408 e. The number of benzene rings is 1. The van der Waals surface area contributed by atoms with Crippen LogP contribution in [0.25, 0.3) is 0 Å². The maximum atomic E-state index is 12.5. The number of alkyl carbamates (subject to hydrolysis) is 1. The van der Waals surface area contributed by atoms with Crippen LogP contribution in [0.15, 0.2) is 18.2 Å². The van der Waals surface area contributed by atoms with Crippen molar-refractivity contribution in [1.29, 1.82) is 0 Å². The van der Waals surface area contributed by atoms with Crippen LogP contribution < -0.4 is 10.6 Å². The lowest BCUT2D eigenvalue weighted by Crippen LogP contribution is -2.45. The van der Waals surface area contributed by atoms with Crippen LogP contribution in [-0.4, -0.2) is 36.7 Å². The molecule has 0 aliphatic rings. The van der Waals surface area contributed by atoms with Crippen molar-refractivity contribution < 1.29 is 23.9 Å². The second kappa shape index (κ2) is 8.50. The highest BCUT2D eigenvalue weighted by Gasteiger charge is 2.23. The van der Waals surface area contributed by atoms with Crippen molar-refractivity contribution in [2.24, 2.45) is 0 Å². The van der Waals surface area contributed by atoms with Crippen LogP contribution in [0.3, 0.4) is 0 Å². The molecule has 1 aromatic rings. The highest BCUT2D eigenvalue weighted by atomic mass is 16.6. The molecule has 0 spiro atoms. The van der Waals surface area contributed by atoms with Crippen molar-refractivity contribution in [3.63, 3.8) is 0 Å². The lowest BCUT2D eigenvalue weighted by Gasteiger charge is -2.23. The molecular weight excluding hydrogens is 324 g/mol. The molecule has 1 rings (SSSR count). The van der Waals surface area contributed by atoms with Crippen LogP contribution in [0.4, 0.5) is 10.5 Å². The molecule has 0 unspecified atom stereocenters. The summed E-state index contributed by atoms with van der Waals surface area (Å²) >= 11 is 0. The Balaban J connectivity index is 2.85. The first kappa shape index (κ1) is 20.5. The van der Waals surface area contributed by atoms with E-state index in [1.165, 1.54) is 7.11 Å². The molecule has 0 heterocycles. The number of methoxy groups -OCH3 is 1. The molecule has 25 heavy (non-hydrogen) atoms. The molecule has 0 radical (unpaired) electrons. The second-order valence-corrected chi connectivity index (χ2v) is 6.62. The van der Waals surface area contributed by atoms with Gasteiger partial charge in [0.15, 0.2) is 0 Å². The van der Waals surface area contributed by atoms with Gasteiger partial charge in [-0.1, -0.05) is 13.0 Å². The van der Waals surface area contributed by atoms with Gasteiger partial charge < -0.3 is 20.1 Å². The van der Waals surface area contributed by atoms with E-state index < -0.39 is 29.6 Å². The van der Waals surface area contributed by atoms with E-state index in [0.29, 0.717) is 17.7 Å². The summed E-state index contributed by atoms with van der Waals surface area (Å²) in [7, 11) is 1.29. The van der Waals surface area contributed by atoms with Crippen molar-refractivity contribution in [2.75, 3.05) is 12.4 Å². The number of hydrogen-bond acceptors (Lipinski definition) is 5. The zero-order valence-corrected chi connectivity index (χ0v) is 15.6. The van der Waals surface area contributed by atoms with Crippen LogP contribution in [0, 0.1) is 6.92 Å². The van der Waals surface area contributed by atoms with Crippen molar-refractivity contribution >= 4 is 23.7 Å². The Bertz CT molecular complexity index is 649. The van der Waals surface area contributed by atoms with Crippen LogP contribution in [-0.2, 0) is 14.3 Å². The van der Waals surface area contributed by atoms with E-state index >= 15 is 0 Å². The third-order valence-corrected chi connectivity index (χ3v) is 3.33. The lowest BCUT2D eigenvalue weighted by molar-refractivity contribution is -0.118. The third kappa shape index (κ3) is 6.45. The molecule has 0 aliphatic heterocycles. The van der Waals surface area contributed by atoms with Crippen LogP contribution in [0.2, 0.25) is 0 Å². The minimum atomic E-state index is -0.754. The fourth-order valence-electron chi connectivity index (χ4n) is 2.02. The fraction of sp³-hybridized carbons (Fsp3) is 0.500. The van der Waals surface area contributed by atoms with Gasteiger partial charge in [-0.25, -0.2) is 9.59 Å². The molecule has 1 atom stereocenters. The van der Waals surface area contributed by atoms with E-state index in [9.17, 15) is 14.4 Å². The molecule has 138 valence electrons. The minimum absolute atomic E-state index is 0.330. The number of ether oxygens (including phenoxy) is 2. The molecule has 0 aliphatic carbocycles. The first-order valence-corrected chi connectivity index (χ1v) is 8.06. The standard InChI is InChI=1S/C18H26N2O5/c1-7-13(20-17(23)25-18(3,4)5)15(21)19-14-10-12(16(22)24-6)9-8-11(14)2/h8-10,13H,7H2,1-6H3,(H,19,21)(H,20,23)/t13-/m0/s1. The number of anilines is 1. The van der Waals surface area contributed by atoms with Crippen LogP contribution in [0.5, 0.6) is 0 Å². The third-order valence-electron chi connectivity index (χ3n) is 3.33. The fourth-order valence-corrected chi connectivity index (χ4v) is 2.02. The highest BCUT2D eigenvalue weighted by molar-refractivity contribution is 5.98. The second-order valence-electron chi connectivity index (χ2n) is 6.62. The summed E-state index contributed by atoms with van der Waals surface area (Å²) in [6.45, 7) is 8.82. The molecule has 0 saturated heterocycles. The molecule has 0 saturated carbocycles. The van der Waals surface area contributed by atoms with Gasteiger partial charge in [-0.05, 0) is 51.8 Å². The van der Waals surface area contributed by atoms with Crippen molar-refractivity contribution in [3.05, 3.63) is 29.3 Å². The average molecular weight is 350 g/mol. The Morgan fingerprint density at radius 1 is 1.20 bits per heavy atom. The number of carbonyl (C=O) groups excluding carboxylic acids is 3. The van der Waals surface area contributed by atoms with Gasteiger partial charge in [0.1, 0.15) is 11.6 Å². The van der Waals surface area contributed by atoms with Crippen LogP contribution >= 0.6 is 0 Å². The maximum Gasteiger partial charge on any atom is 0.408 e. The molecule has 7 nitrogen and oxygen atoms in total. The largest absolute Gasteiger partial charge is 0.465 e. The van der Waals surface area contributed by atoms with Gasteiger partial charge >= 0.3 is 12.1 Å². The van der Waals surface area contributed by atoms with Gasteiger partial charge in [0.25, 0.3) is 0 Å². The summed E-state index contributed by atoms with van der Waals surface area (Å²) in [5, 5.41) is 5.28. The van der Waals surface area contributed by atoms with Gasteiger partial charge in [-0.15, -0.1) is 0 Å². The van der Waals surface area contributed by atoms with Crippen LogP contribution in [0.1, 0.15) is 50.0 Å². The Hall–Kier alpha value is -2.57. The quantitative estimate of drug-likeness (QED) is 0.796. The number of aryl methyl sites for hydroxylation is 1. The summed E-state index contributed by atoms with van der Waals surface area (Å²) in [6, 6.07) is 4.12. The van der Waals surface area contributed by atoms with E-state index in [4.69, 9.17) is 4.74 Å². The molecule has 0 fully saturated rings. The lowest BCUT2D eigenvalue weighted by atomic mass is 10.1. The van der Waals surface area contributed by atoms with Crippen molar-refractivity contribution in [3.8, 4) is 0 Å². The van der Waals surface area contributed by atoms with E-state index in [0.717, 1.165) is 5.56 Å². The number of carbonyl (C=O) groups is 3. The van der Waals surface area contributed by atoms with Gasteiger partial charge in [-0.3, -0.25) is 4.79 Å². The minimum Gasteiger partial charge on any atom is -0.465 e. The Kier molecular flexibility index (Phi) is 6.97. The van der Waals surface area contributed by atoms with Gasteiger partial charge in [0.2, 0.25) is 5.91 Å². The SMILES string of the molecule is CC[C@H](NC(=O)OC(C)(C)C)C(=O)Nc1cc(C(=O)OC)ccc1C. The van der Waals surface area contributed by atoms with Gasteiger partial charge in [-0.2, -0.15) is 0 Å². The Morgan fingerprint density at radius 3 is 2.36 bits per heavy atom. The topological polar surface area (TPSA) is 93.7 Å². The molecule has 0 bridgehead atoms. The number of amides is 2. The number of hydrogen-bond donors (Lipinski definition) is 2. The zero-order chi connectivity index (χ0) is 19.2. The van der Waals surface area contributed by atoms with E-state index in [2.05, 4.69) is 15.4 Å². The molecule has 7 heteroatoms. The van der Waals surface area contributed by atoms with Crippen molar-refractivity contribution in [1.82, 2.24) is 5.32 Å². The highest BCUT2D eigenvalue weighted by Crippen LogP contribution is 2.18. The molecule has 1 aromatic carbocycles. The monoisotopic (exact) mass is 350 g/mol. The van der Waals surface area contributed by atoms with E-state index in [1.54, 1.807) is 52.8 Å². The number of esters is 1. The Morgan fingerprint density at radius 2 is 1.84 bits per heavy atom. The maximum absolute atomic E-state index is 12.5. The zero-order valence-electron chi connectivity index (χ0n) is 15.6. The summed E-state index contributed by atoms with van der Waals surface area (Å²) in [6.07, 6.45) is -0.268. The average Bonchev–Trinajstić information content (AvgIpc) is 2.52. The first-order chi connectivity index (χ1) is 11.6. The molecule has 2 N–H and O–H groups in total. The van der Waals surface area contributed by atoms with E-state index in [-0.39, 0.29) is 0 Å². The Labute approximate surface area is 148 Å². The van der Waals surface area contributed by atoms with Gasteiger partial charge in [0, 0.05) is 5.69 Å². The normalized spacial score (nSPS) is 12.1. The summed E-state index contributed by atoms with van der Waals surface area (Å²) in [5.74, 6) is -0.882. The summed E-state index contributed by atoms with van der Waals surface area (Å²) in [4.78, 5) is 35.9. The number of nitrogens with one attached hydrogen (secondary N) is 2. The first-order valence-electron chi connectivity index (χ1n) is 8.06. The van der Waals surface area contributed by atoms with E-state index in [1.807, 2.05) is 0 Å². The predicted octanol–water partition coefficient (Wildman–Crippen LogP) is 3.02. The van der Waals surface area contributed by atoms with Gasteiger partial charge in [0.05, 0.1) is 12.7 Å². The summed E-state index contributed by atoms with van der Waals surface area (Å²) in [5.41, 5.74) is 0.951. The molecule has 0 aromatic heterocycles. The predicted molar refractivity (Wildman–Crippen MR) is 94.6 cm³/mol. The molecular formula is C18H26N2O5. The molecule has 2 amide bonds. The number of rotatable bonds is 5. The van der Waals surface area contributed by atoms with Crippen molar-refractivity contribution in [2.45, 2.75) is 52.7 Å².